The fourth-order valence-electron chi connectivity index (χ4n) is 3.80. The Labute approximate surface area is 181 Å². The molecule has 1 amide bonds. The van der Waals surface area contributed by atoms with E-state index in [0.717, 1.165) is 34.8 Å². The van der Waals surface area contributed by atoms with Crippen molar-refractivity contribution in [2.75, 3.05) is 57.4 Å². The van der Waals surface area contributed by atoms with Crippen molar-refractivity contribution in [2.24, 2.45) is 0 Å². The SMILES string of the molecule is Cc1cccc(N2CCOCC2)c1CN1CCN(C(=O)OC(C(F)(F)F)C(F)(F)F)CC1. The van der Waals surface area contributed by atoms with Crippen molar-refractivity contribution >= 4 is 11.8 Å². The van der Waals surface area contributed by atoms with E-state index in [2.05, 4.69) is 9.64 Å². The van der Waals surface area contributed by atoms with Crippen LogP contribution >= 0.6 is 0 Å². The summed E-state index contributed by atoms with van der Waals surface area (Å²) >= 11 is 0. The van der Waals surface area contributed by atoms with E-state index >= 15 is 0 Å². The molecule has 0 aromatic heterocycles. The standard InChI is InChI=1S/C20H25F6N3O3/c1-14-3-2-4-16(28-9-11-31-12-10-28)15(14)13-27-5-7-29(8-6-27)18(30)32-17(19(21,22)23)20(24,25)26/h2-4,17H,5-13H2,1H3. The Morgan fingerprint density at radius 2 is 1.59 bits per heavy atom. The number of ether oxygens (including phenoxy) is 2. The molecule has 3 rings (SSSR count). The highest BCUT2D eigenvalue weighted by Gasteiger charge is 2.60. The van der Waals surface area contributed by atoms with Gasteiger partial charge in [0.2, 0.25) is 0 Å². The molecule has 0 unspecified atom stereocenters. The first-order valence-electron chi connectivity index (χ1n) is 10.2. The van der Waals surface area contributed by atoms with E-state index < -0.39 is 24.5 Å². The van der Waals surface area contributed by atoms with Crippen molar-refractivity contribution in [3.63, 3.8) is 0 Å². The summed E-state index contributed by atoms with van der Waals surface area (Å²) in [5, 5.41) is 0. The number of alkyl halides is 6. The molecule has 0 atom stereocenters. The van der Waals surface area contributed by atoms with Gasteiger partial charge in [-0.05, 0) is 24.1 Å². The Morgan fingerprint density at radius 3 is 2.16 bits per heavy atom. The van der Waals surface area contributed by atoms with Gasteiger partial charge in [0.25, 0.3) is 6.10 Å². The summed E-state index contributed by atoms with van der Waals surface area (Å²) < 4.78 is 85.0. The highest BCUT2D eigenvalue weighted by Crippen LogP contribution is 2.36. The largest absolute Gasteiger partial charge is 0.434 e. The lowest BCUT2D eigenvalue weighted by atomic mass is 10.0. The third-order valence-electron chi connectivity index (χ3n) is 5.56. The molecule has 180 valence electrons. The van der Waals surface area contributed by atoms with Crippen molar-refractivity contribution in [3.8, 4) is 0 Å². The number of rotatable bonds is 4. The van der Waals surface area contributed by atoms with Crippen LogP contribution in [-0.4, -0.2) is 86.8 Å². The van der Waals surface area contributed by atoms with Crippen molar-refractivity contribution in [2.45, 2.75) is 31.9 Å². The Balaban J connectivity index is 1.60. The molecule has 6 nitrogen and oxygen atoms in total. The van der Waals surface area contributed by atoms with Crippen LogP contribution in [0.15, 0.2) is 18.2 Å². The van der Waals surface area contributed by atoms with Crippen LogP contribution < -0.4 is 4.90 Å². The van der Waals surface area contributed by atoms with Gasteiger partial charge in [-0.2, -0.15) is 26.3 Å². The second-order valence-corrected chi connectivity index (χ2v) is 7.78. The predicted octanol–water partition coefficient (Wildman–Crippen LogP) is 3.58. The van der Waals surface area contributed by atoms with Gasteiger partial charge >= 0.3 is 18.4 Å². The monoisotopic (exact) mass is 469 g/mol. The zero-order chi connectivity index (χ0) is 23.5. The van der Waals surface area contributed by atoms with E-state index in [1.807, 2.05) is 30.0 Å². The zero-order valence-electron chi connectivity index (χ0n) is 17.5. The summed E-state index contributed by atoms with van der Waals surface area (Å²) in [4.78, 5) is 17.1. The van der Waals surface area contributed by atoms with E-state index in [0.29, 0.717) is 32.8 Å². The fraction of sp³-hybridized carbons (Fsp3) is 0.650. The summed E-state index contributed by atoms with van der Waals surface area (Å²) in [5.74, 6) is 0. The first kappa shape index (κ1) is 24.4. The Kier molecular flexibility index (Phi) is 7.43. The quantitative estimate of drug-likeness (QED) is 0.631. The molecule has 0 saturated carbocycles. The van der Waals surface area contributed by atoms with Crippen LogP contribution in [0.2, 0.25) is 0 Å². The maximum atomic E-state index is 12.6. The number of hydrogen-bond acceptors (Lipinski definition) is 5. The number of morpholine rings is 1. The van der Waals surface area contributed by atoms with E-state index in [4.69, 9.17) is 4.74 Å². The summed E-state index contributed by atoms with van der Waals surface area (Å²) in [6.07, 6.45) is -17.2. The number of carbonyl (C=O) groups excluding carboxylic acids is 1. The molecular formula is C20H25F6N3O3. The summed E-state index contributed by atoms with van der Waals surface area (Å²) in [5.41, 5.74) is 3.25. The van der Waals surface area contributed by atoms with E-state index in [9.17, 15) is 31.1 Å². The van der Waals surface area contributed by atoms with Crippen molar-refractivity contribution in [1.29, 1.82) is 0 Å². The minimum Gasteiger partial charge on any atom is -0.426 e. The first-order valence-corrected chi connectivity index (χ1v) is 10.2. The minimum atomic E-state index is -5.73. The number of halogens is 6. The number of piperazine rings is 1. The van der Waals surface area contributed by atoms with Gasteiger partial charge in [-0.3, -0.25) is 4.90 Å². The minimum absolute atomic E-state index is 0.0277. The molecule has 0 N–H and O–H groups in total. The molecular weight excluding hydrogens is 444 g/mol. The van der Waals surface area contributed by atoms with Crippen LogP contribution in [0.1, 0.15) is 11.1 Å². The average Bonchev–Trinajstić information content (AvgIpc) is 2.73. The van der Waals surface area contributed by atoms with Crippen LogP contribution in [-0.2, 0) is 16.0 Å². The highest BCUT2D eigenvalue weighted by atomic mass is 19.4. The van der Waals surface area contributed by atoms with E-state index in [-0.39, 0.29) is 13.1 Å². The summed E-state index contributed by atoms with van der Waals surface area (Å²) in [6, 6.07) is 5.98. The second-order valence-electron chi connectivity index (χ2n) is 7.78. The molecule has 2 aliphatic rings. The molecule has 0 radical (unpaired) electrons. The van der Waals surface area contributed by atoms with Gasteiger partial charge in [-0.25, -0.2) is 4.79 Å². The van der Waals surface area contributed by atoms with Crippen LogP contribution in [0, 0.1) is 6.92 Å². The highest BCUT2D eigenvalue weighted by molar-refractivity contribution is 5.68. The number of benzene rings is 1. The summed E-state index contributed by atoms with van der Waals surface area (Å²) in [6.45, 7) is 5.86. The lowest BCUT2D eigenvalue weighted by Gasteiger charge is -2.37. The van der Waals surface area contributed by atoms with Crippen LogP contribution in [0.25, 0.3) is 0 Å². The van der Waals surface area contributed by atoms with Gasteiger partial charge in [0, 0.05) is 51.5 Å². The Hall–Kier alpha value is -2.21. The maximum absolute atomic E-state index is 12.6. The number of amides is 1. The van der Waals surface area contributed by atoms with E-state index in [1.54, 1.807) is 0 Å². The van der Waals surface area contributed by atoms with Gasteiger partial charge in [0.15, 0.2) is 0 Å². The van der Waals surface area contributed by atoms with Gasteiger partial charge in [-0.1, -0.05) is 12.1 Å². The number of anilines is 1. The number of hydrogen-bond donors (Lipinski definition) is 0. The maximum Gasteiger partial charge on any atom is 0.434 e. The molecule has 0 bridgehead atoms. The molecule has 0 aliphatic carbocycles. The van der Waals surface area contributed by atoms with Crippen LogP contribution in [0.4, 0.5) is 36.8 Å². The first-order chi connectivity index (χ1) is 15.0. The topological polar surface area (TPSA) is 45.2 Å². The van der Waals surface area contributed by atoms with Crippen molar-refractivity contribution in [3.05, 3.63) is 29.3 Å². The average molecular weight is 469 g/mol. The van der Waals surface area contributed by atoms with Gasteiger partial charge < -0.3 is 19.3 Å². The lowest BCUT2D eigenvalue weighted by molar-refractivity contribution is -0.308. The van der Waals surface area contributed by atoms with Gasteiger partial charge in [0.1, 0.15) is 0 Å². The second kappa shape index (κ2) is 9.74. The normalized spacial score (nSPS) is 18.9. The van der Waals surface area contributed by atoms with Crippen molar-refractivity contribution < 1.29 is 40.6 Å². The van der Waals surface area contributed by atoms with Crippen LogP contribution in [0.3, 0.4) is 0 Å². The van der Waals surface area contributed by atoms with Gasteiger partial charge in [-0.15, -0.1) is 0 Å². The smallest absolute Gasteiger partial charge is 0.426 e. The zero-order valence-corrected chi connectivity index (χ0v) is 17.5. The Morgan fingerprint density at radius 1 is 1.00 bits per heavy atom. The molecule has 0 spiro atoms. The summed E-state index contributed by atoms with van der Waals surface area (Å²) in [7, 11) is 0. The lowest BCUT2D eigenvalue weighted by Crippen LogP contribution is -2.52. The van der Waals surface area contributed by atoms with Crippen molar-refractivity contribution in [1.82, 2.24) is 9.80 Å². The molecule has 2 aliphatic heterocycles. The Bertz CT molecular complexity index is 774. The van der Waals surface area contributed by atoms with E-state index in [1.165, 1.54) is 0 Å². The molecule has 2 saturated heterocycles. The molecule has 32 heavy (non-hydrogen) atoms. The molecule has 12 heteroatoms. The fourth-order valence-corrected chi connectivity index (χ4v) is 3.80. The number of aryl methyl sites for hydroxylation is 1. The molecule has 2 fully saturated rings. The van der Waals surface area contributed by atoms with Gasteiger partial charge in [0.05, 0.1) is 13.2 Å². The number of nitrogens with zero attached hydrogens (tertiary/aromatic N) is 3. The molecule has 1 aromatic rings. The molecule has 1 aromatic carbocycles. The van der Waals surface area contributed by atoms with Crippen LogP contribution in [0.5, 0.6) is 0 Å². The predicted molar refractivity (Wildman–Crippen MR) is 103 cm³/mol. The third kappa shape index (κ3) is 5.97. The molecule has 2 heterocycles. The third-order valence-corrected chi connectivity index (χ3v) is 5.56. The number of carbonyl (C=O) groups is 1.